The third kappa shape index (κ3) is 5.69. The van der Waals surface area contributed by atoms with Gasteiger partial charge < -0.3 is 10.6 Å². The number of hydrogen-bond donors (Lipinski definition) is 3. The van der Waals surface area contributed by atoms with Crippen molar-refractivity contribution in [1.82, 2.24) is 15.5 Å². The van der Waals surface area contributed by atoms with Crippen LogP contribution in [0.25, 0.3) is 11.3 Å². The van der Waals surface area contributed by atoms with Crippen LogP contribution in [0.15, 0.2) is 36.5 Å². The second-order valence-corrected chi connectivity index (χ2v) is 8.17. The Morgan fingerprint density at radius 1 is 1.21 bits per heavy atom. The van der Waals surface area contributed by atoms with Crippen LogP contribution < -0.4 is 10.6 Å². The van der Waals surface area contributed by atoms with E-state index in [9.17, 15) is 13.2 Å². The standard InChI is InChI=1S/C16H22N4O3S/c1-12(2)11-24(22,23)10-9-17-16(21)19-14-5-3-13(4-6-14)15-7-8-18-20-15/h3-8,12H,9-11H2,1-2H3,(H,18,20)(H2,17,19,21). The van der Waals surface area contributed by atoms with Crippen molar-refractivity contribution in [2.45, 2.75) is 13.8 Å². The maximum atomic E-state index is 11.8. The van der Waals surface area contributed by atoms with Crippen molar-refractivity contribution >= 4 is 21.6 Å². The molecule has 3 N–H and O–H groups in total. The topological polar surface area (TPSA) is 104 Å². The first-order valence-electron chi connectivity index (χ1n) is 7.71. The molecule has 1 aromatic carbocycles. The average molecular weight is 350 g/mol. The van der Waals surface area contributed by atoms with Crippen molar-refractivity contribution < 1.29 is 13.2 Å². The largest absolute Gasteiger partial charge is 0.337 e. The molecular formula is C16H22N4O3S. The van der Waals surface area contributed by atoms with Gasteiger partial charge in [-0.25, -0.2) is 13.2 Å². The molecule has 2 amide bonds. The number of carbonyl (C=O) groups excluding carboxylic acids is 1. The van der Waals surface area contributed by atoms with E-state index < -0.39 is 15.9 Å². The van der Waals surface area contributed by atoms with Crippen LogP contribution in [0.2, 0.25) is 0 Å². The summed E-state index contributed by atoms with van der Waals surface area (Å²) in [5, 5.41) is 12.0. The van der Waals surface area contributed by atoms with E-state index in [1.54, 1.807) is 18.3 Å². The Kier molecular flexibility index (Phi) is 5.97. The van der Waals surface area contributed by atoms with Gasteiger partial charge in [0.2, 0.25) is 0 Å². The number of urea groups is 1. The summed E-state index contributed by atoms with van der Waals surface area (Å²) in [5.74, 6) is 0.153. The van der Waals surface area contributed by atoms with E-state index in [-0.39, 0.29) is 24.0 Å². The Labute approximate surface area is 141 Å². The van der Waals surface area contributed by atoms with E-state index in [1.807, 2.05) is 32.0 Å². The number of rotatable bonds is 7. The van der Waals surface area contributed by atoms with Gasteiger partial charge >= 0.3 is 6.03 Å². The van der Waals surface area contributed by atoms with E-state index in [4.69, 9.17) is 0 Å². The predicted molar refractivity (Wildman–Crippen MR) is 94.5 cm³/mol. The van der Waals surface area contributed by atoms with Crippen molar-refractivity contribution in [2.75, 3.05) is 23.4 Å². The fraction of sp³-hybridized carbons (Fsp3) is 0.375. The fourth-order valence-electron chi connectivity index (χ4n) is 2.24. The van der Waals surface area contributed by atoms with Crippen molar-refractivity contribution in [3.05, 3.63) is 36.5 Å². The number of hydrogen-bond acceptors (Lipinski definition) is 4. The highest BCUT2D eigenvalue weighted by Gasteiger charge is 2.13. The Bertz CT molecular complexity index is 753. The molecule has 0 bridgehead atoms. The monoisotopic (exact) mass is 350 g/mol. The molecular weight excluding hydrogens is 328 g/mol. The van der Waals surface area contributed by atoms with Crippen LogP contribution in [0.4, 0.5) is 10.5 Å². The van der Waals surface area contributed by atoms with Crippen molar-refractivity contribution in [3.8, 4) is 11.3 Å². The first-order valence-corrected chi connectivity index (χ1v) is 9.53. The second kappa shape index (κ2) is 7.96. The summed E-state index contributed by atoms with van der Waals surface area (Å²) in [4.78, 5) is 11.8. The lowest BCUT2D eigenvalue weighted by atomic mass is 10.1. The molecule has 0 fully saturated rings. The van der Waals surface area contributed by atoms with Gasteiger partial charge in [0.25, 0.3) is 0 Å². The number of aromatic nitrogens is 2. The molecule has 8 heteroatoms. The number of sulfone groups is 1. The van der Waals surface area contributed by atoms with Gasteiger partial charge in [-0.15, -0.1) is 0 Å². The van der Waals surface area contributed by atoms with Gasteiger partial charge in [0.1, 0.15) is 0 Å². The molecule has 130 valence electrons. The van der Waals surface area contributed by atoms with E-state index in [0.717, 1.165) is 11.3 Å². The van der Waals surface area contributed by atoms with Crippen LogP contribution in [-0.2, 0) is 9.84 Å². The quantitative estimate of drug-likeness (QED) is 0.712. The zero-order valence-electron chi connectivity index (χ0n) is 13.7. The second-order valence-electron chi connectivity index (χ2n) is 5.94. The number of nitrogens with one attached hydrogen (secondary N) is 3. The fourth-order valence-corrected chi connectivity index (χ4v) is 3.83. The highest BCUT2D eigenvalue weighted by Crippen LogP contribution is 2.18. The molecule has 0 aliphatic carbocycles. The number of carbonyl (C=O) groups is 1. The summed E-state index contributed by atoms with van der Waals surface area (Å²) in [7, 11) is -3.13. The first kappa shape index (κ1) is 18.0. The molecule has 0 spiro atoms. The van der Waals surface area contributed by atoms with Crippen LogP contribution in [0.5, 0.6) is 0 Å². The number of aromatic amines is 1. The minimum Gasteiger partial charge on any atom is -0.337 e. The Hall–Kier alpha value is -2.35. The molecule has 0 saturated heterocycles. The summed E-state index contributed by atoms with van der Waals surface area (Å²) in [5.41, 5.74) is 2.47. The van der Waals surface area contributed by atoms with Crippen molar-refractivity contribution in [3.63, 3.8) is 0 Å². The van der Waals surface area contributed by atoms with Gasteiger partial charge in [0, 0.05) is 18.4 Å². The number of amides is 2. The summed E-state index contributed by atoms with van der Waals surface area (Å²) >= 11 is 0. The summed E-state index contributed by atoms with van der Waals surface area (Å²) in [6.45, 7) is 3.79. The number of nitrogens with zero attached hydrogens (tertiary/aromatic N) is 1. The molecule has 0 saturated carbocycles. The molecule has 0 radical (unpaired) electrons. The normalized spacial score (nSPS) is 11.5. The van der Waals surface area contributed by atoms with Crippen molar-refractivity contribution in [1.29, 1.82) is 0 Å². The maximum Gasteiger partial charge on any atom is 0.319 e. The third-order valence-corrected chi connectivity index (χ3v) is 5.24. The molecule has 7 nitrogen and oxygen atoms in total. The number of benzene rings is 1. The lowest BCUT2D eigenvalue weighted by Gasteiger charge is -2.09. The zero-order chi connectivity index (χ0) is 17.6. The van der Waals surface area contributed by atoms with E-state index in [1.165, 1.54) is 0 Å². The summed E-state index contributed by atoms with van der Waals surface area (Å²) in [6.07, 6.45) is 1.67. The Morgan fingerprint density at radius 3 is 2.50 bits per heavy atom. The first-order chi connectivity index (χ1) is 11.4. The maximum absolute atomic E-state index is 11.8. The van der Waals surface area contributed by atoms with Gasteiger partial charge in [0.15, 0.2) is 9.84 Å². The van der Waals surface area contributed by atoms with Gasteiger partial charge in [-0.2, -0.15) is 5.10 Å². The third-order valence-electron chi connectivity index (χ3n) is 3.24. The van der Waals surface area contributed by atoms with Crippen LogP contribution >= 0.6 is 0 Å². The van der Waals surface area contributed by atoms with Crippen molar-refractivity contribution in [2.24, 2.45) is 5.92 Å². The minimum absolute atomic E-state index is 0.0582. The molecule has 0 atom stereocenters. The summed E-state index contributed by atoms with van der Waals surface area (Å²) in [6, 6.07) is 8.68. The molecule has 2 aromatic rings. The van der Waals surface area contributed by atoms with Gasteiger partial charge in [-0.3, -0.25) is 5.10 Å². The van der Waals surface area contributed by atoms with E-state index >= 15 is 0 Å². The molecule has 0 aliphatic heterocycles. The summed E-state index contributed by atoms with van der Waals surface area (Å²) < 4.78 is 23.5. The van der Waals surface area contributed by atoms with Gasteiger partial charge in [-0.1, -0.05) is 26.0 Å². The molecule has 1 aromatic heterocycles. The molecule has 1 heterocycles. The minimum atomic E-state index is -3.13. The highest BCUT2D eigenvalue weighted by atomic mass is 32.2. The Balaban J connectivity index is 1.80. The molecule has 2 rings (SSSR count). The average Bonchev–Trinajstić information content (AvgIpc) is 3.00. The lowest BCUT2D eigenvalue weighted by molar-refractivity contribution is 0.252. The zero-order valence-corrected chi connectivity index (χ0v) is 14.6. The van der Waals surface area contributed by atoms with Gasteiger partial charge in [-0.05, 0) is 29.7 Å². The van der Waals surface area contributed by atoms with Crippen LogP contribution in [0, 0.1) is 5.92 Å². The van der Waals surface area contributed by atoms with E-state index in [0.29, 0.717) is 5.69 Å². The molecule has 24 heavy (non-hydrogen) atoms. The van der Waals surface area contributed by atoms with Crippen LogP contribution in [-0.4, -0.2) is 42.7 Å². The smallest absolute Gasteiger partial charge is 0.319 e. The highest BCUT2D eigenvalue weighted by molar-refractivity contribution is 7.91. The molecule has 0 unspecified atom stereocenters. The molecule has 0 aliphatic rings. The van der Waals surface area contributed by atoms with Crippen LogP contribution in [0.3, 0.4) is 0 Å². The van der Waals surface area contributed by atoms with E-state index in [2.05, 4.69) is 20.8 Å². The van der Waals surface area contributed by atoms with Crippen LogP contribution in [0.1, 0.15) is 13.8 Å². The number of H-pyrrole nitrogens is 1. The van der Waals surface area contributed by atoms with Gasteiger partial charge in [0.05, 0.1) is 17.2 Å². The SMILES string of the molecule is CC(C)CS(=O)(=O)CCNC(=O)Nc1ccc(-c2ccn[nH]2)cc1. The predicted octanol–water partition coefficient (Wildman–Crippen LogP) is 2.27. The Morgan fingerprint density at radius 2 is 1.92 bits per heavy atom. The lowest BCUT2D eigenvalue weighted by Crippen LogP contribution is -2.33. The number of anilines is 1.